The van der Waals surface area contributed by atoms with Crippen LogP contribution in [0.1, 0.15) is 48.8 Å². The summed E-state index contributed by atoms with van der Waals surface area (Å²) in [6.45, 7) is 1.09. The zero-order valence-corrected chi connectivity index (χ0v) is 17.1. The summed E-state index contributed by atoms with van der Waals surface area (Å²) in [5.74, 6) is -1.09. The lowest BCUT2D eigenvalue weighted by molar-refractivity contribution is 0.0938. The van der Waals surface area contributed by atoms with Crippen LogP contribution in [0, 0.1) is 0 Å². The number of aromatic nitrogens is 2. The summed E-state index contributed by atoms with van der Waals surface area (Å²) in [5.41, 5.74) is 1.31. The molecule has 5 rings (SSSR count). The summed E-state index contributed by atoms with van der Waals surface area (Å²) in [5, 5.41) is 2.87. The Morgan fingerprint density at radius 2 is 1.66 bits per heavy atom. The van der Waals surface area contributed by atoms with E-state index in [0.717, 1.165) is 0 Å². The number of hydrogen-bond acceptors (Lipinski definition) is 5. The number of imidazole rings is 1. The number of rotatable bonds is 6. The Kier molecular flexibility index (Phi) is 4.99. The molecule has 0 bridgehead atoms. The molecule has 0 atom stereocenters. The second kappa shape index (κ2) is 8.11. The van der Waals surface area contributed by atoms with Crippen molar-refractivity contribution < 1.29 is 18.8 Å². The Bertz CT molecular complexity index is 1320. The van der Waals surface area contributed by atoms with Gasteiger partial charge in [0.1, 0.15) is 5.76 Å². The zero-order valence-electron chi connectivity index (χ0n) is 17.1. The number of nitrogens with zero attached hydrogens (tertiary/aromatic N) is 2. The quantitative estimate of drug-likeness (QED) is 0.418. The molecule has 0 fully saturated rings. The van der Waals surface area contributed by atoms with Crippen LogP contribution in [-0.2, 0) is 6.54 Å². The van der Waals surface area contributed by atoms with Crippen molar-refractivity contribution in [3.05, 3.63) is 101 Å². The largest absolute Gasteiger partial charge is 0.451 e. The van der Waals surface area contributed by atoms with Crippen LogP contribution in [0.25, 0.3) is 11.3 Å². The zero-order chi connectivity index (χ0) is 22.1. The van der Waals surface area contributed by atoms with Gasteiger partial charge in [0, 0.05) is 42.2 Å². The third kappa shape index (κ3) is 3.33. The first-order valence-electron chi connectivity index (χ1n) is 10.3. The first-order valence-corrected chi connectivity index (χ1v) is 10.3. The van der Waals surface area contributed by atoms with Crippen LogP contribution < -0.4 is 5.32 Å². The van der Waals surface area contributed by atoms with Gasteiger partial charge in [-0.25, -0.2) is 4.98 Å². The van der Waals surface area contributed by atoms with Gasteiger partial charge in [0.15, 0.2) is 11.5 Å². The number of aryl methyl sites for hydroxylation is 1. The molecule has 7 heteroatoms. The third-order valence-corrected chi connectivity index (χ3v) is 5.46. The highest BCUT2D eigenvalue weighted by atomic mass is 16.4. The number of carbonyl (C=O) groups is 3. The highest BCUT2D eigenvalue weighted by molar-refractivity contribution is 6.30. The lowest BCUT2D eigenvalue weighted by atomic mass is 9.86. The fourth-order valence-electron chi connectivity index (χ4n) is 3.92. The van der Waals surface area contributed by atoms with E-state index in [9.17, 15) is 14.4 Å². The normalized spacial score (nSPS) is 12.4. The molecule has 2 heterocycles. The van der Waals surface area contributed by atoms with Gasteiger partial charge in [-0.05, 0) is 6.42 Å². The van der Waals surface area contributed by atoms with E-state index in [2.05, 4.69) is 10.3 Å². The Labute approximate surface area is 183 Å². The Morgan fingerprint density at radius 3 is 2.38 bits per heavy atom. The minimum Gasteiger partial charge on any atom is -0.451 e. The van der Waals surface area contributed by atoms with Crippen LogP contribution in [-0.4, -0.2) is 33.6 Å². The maximum Gasteiger partial charge on any atom is 0.256 e. The fraction of sp³-hybridized carbons (Fsp3) is 0.120. The van der Waals surface area contributed by atoms with E-state index < -0.39 is 11.7 Å². The van der Waals surface area contributed by atoms with E-state index in [1.165, 1.54) is 0 Å². The number of furan rings is 1. The highest BCUT2D eigenvalue weighted by Crippen LogP contribution is 2.37. The van der Waals surface area contributed by atoms with Crippen molar-refractivity contribution in [2.24, 2.45) is 0 Å². The lowest BCUT2D eigenvalue weighted by Gasteiger charge is -2.14. The van der Waals surface area contributed by atoms with Gasteiger partial charge < -0.3 is 14.3 Å². The van der Waals surface area contributed by atoms with Crippen molar-refractivity contribution in [2.45, 2.75) is 13.0 Å². The van der Waals surface area contributed by atoms with Gasteiger partial charge in [-0.15, -0.1) is 0 Å². The van der Waals surface area contributed by atoms with Crippen LogP contribution in [0.15, 0.2) is 77.7 Å². The van der Waals surface area contributed by atoms with Crippen molar-refractivity contribution in [1.82, 2.24) is 14.9 Å². The monoisotopic (exact) mass is 425 g/mol. The lowest BCUT2D eigenvalue weighted by Crippen LogP contribution is -2.28. The first-order chi connectivity index (χ1) is 15.6. The molecule has 32 heavy (non-hydrogen) atoms. The molecule has 1 aliphatic carbocycles. The highest BCUT2D eigenvalue weighted by Gasteiger charge is 2.39. The maximum absolute atomic E-state index is 13.3. The Morgan fingerprint density at radius 1 is 0.938 bits per heavy atom. The summed E-state index contributed by atoms with van der Waals surface area (Å²) >= 11 is 0. The van der Waals surface area contributed by atoms with E-state index in [4.69, 9.17) is 4.42 Å². The van der Waals surface area contributed by atoms with Crippen LogP contribution in [0.3, 0.4) is 0 Å². The molecule has 2 aromatic heterocycles. The predicted molar refractivity (Wildman–Crippen MR) is 117 cm³/mol. The van der Waals surface area contributed by atoms with E-state index in [1.54, 1.807) is 48.9 Å². The summed E-state index contributed by atoms with van der Waals surface area (Å²) < 4.78 is 7.82. The molecule has 158 valence electrons. The number of ketones is 2. The minimum absolute atomic E-state index is 0.0275. The molecular weight excluding hydrogens is 406 g/mol. The summed E-state index contributed by atoms with van der Waals surface area (Å²) in [7, 11) is 0. The maximum atomic E-state index is 13.3. The van der Waals surface area contributed by atoms with Gasteiger partial charge in [0.2, 0.25) is 5.78 Å². The SMILES string of the molecule is O=C1c2ccccc2C(=O)c2c1oc(-c1ccccc1)c2C(=O)NCCCn1ccnc1. The minimum atomic E-state index is -0.444. The van der Waals surface area contributed by atoms with Crippen LogP contribution in [0.4, 0.5) is 0 Å². The van der Waals surface area contributed by atoms with Crippen molar-refractivity contribution in [2.75, 3.05) is 6.54 Å². The van der Waals surface area contributed by atoms with Crippen molar-refractivity contribution >= 4 is 17.5 Å². The fourth-order valence-corrected chi connectivity index (χ4v) is 3.92. The smallest absolute Gasteiger partial charge is 0.256 e. The van der Waals surface area contributed by atoms with Crippen molar-refractivity contribution in [1.29, 1.82) is 0 Å². The van der Waals surface area contributed by atoms with Gasteiger partial charge in [-0.3, -0.25) is 14.4 Å². The van der Waals surface area contributed by atoms with E-state index in [1.807, 2.05) is 29.0 Å². The third-order valence-electron chi connectivity index (χ3n) is 5.46. The molecule has 0 radical (unpaired) electrons. The topological polar surface area (TPSA) is 94.2 Å². The first kappa shape index (κ1) is 19.7. The molecule has 0 saturated heterocycles. The number of fused-ring (bicyclic) bond motifs is 2. The van der Waals surface area contributed by atoms with Crippen LogP contribution in [0.2, 0.25) is 0 Å². The van der Waals surface area contributed by atoms with Gasteiger partial charge >= 0.3 is 0 Å². The number of carbonyl (C=O) groups excluding carboxylic acids is 3. The number of amides is 1. The number of benzene rings is 2. The standard InChI is InChI=1S/C25H19N3O4/c29-21-17-9-4-5-10-18(17)22(30)24-19(21)20(23(32-24)16-7-2-1-3-8-16)25(31)27-11-6-13-28-14-12-26-15-28/h1-5,7-10,12,14-15H,6,11,13H2,(H,27,31). The van der Waals surface area contributed by atoms with E-state index in [-0.39, 0.29) is 39.6 Å². The molecule has 2 aromatic carbocycles. The Hall–Kier alpha value is -4.26. The molecule has 1 amide bonds. The molecule has 1 aliphatic rings. The van der Waals surface area contributed by atoms with Gasteiger partial charge in [-0.1, -0.05) is 54.6 Å². The second-order valence-corrected chi connectivity index (χ2v) is 7.49. The Balaban J connectivity index is 1.52. The molecule has 4 aromatic rings. The van der Waals surface area contributed by atoms with Gasteiger partial charge in [-0.2, -0.15) is 0 Å². The second-order valence-electron chi connectivity index (χ2n) is 7.49. The average Bonchev–Trinajstić information content (AvgIpc) is 3.49. The van der Waals surface area contributed by atoms with Crippen LogP contribution >= 0.6 is 0 Å². The molecule has 0 saturated carbocycles. The van der Waals surface area contributed by atoms with Crippen molar-refractivity contribution in [3.8, 4) is 11.3 Å². The molecule has 0 spiro atoms. The molecule has 1 N–H and O–H groups in total. The predicted octanol–water partition coefficient (Wildman–Crippen LogP) is 3.74. The molecule has 7 nitrogen and oxygen atoms in total. The van der Waals surface area contributed by atoms with E-state index >= 15 is 0 Å². The summed E-state index contributed by atoms with van der Waals surface area (Å²) in [4.78, 5) is 43.6. The average molecular weight is 425 g/mol. The molecule has 0 aliphatic heterocycles. The van der Waals surface area contributed by atoms with Gasteiger partial charge in [0.05, 0.1) is 17.5 Å². The van der Waals surface area contributed by atoms with Crippen molar-refractivity contribution in [3.63, 3.8) is 0 Å². The summed E-state index contributed by atoms with van der Waals surface area (Å²) in [6, 6.07) is 15.6. The number of hydrogen-bond donors (Lipinski definition) is 1. The van der Waals surface area contributed by atoms with E-state index in [0.29, 0.717) is 25.1 Å². The molecule has 0 unspecified atom stereocenters. The van der Waals surface area contributed by atoms with Crippen LogP contribution in [0.5, 0.6) is 0 Å². The molecular formula is C25H19N3O4. The number of nitrogens with one attached hydrogen (secondary N) is 1. The van der Waals surface area contributed by atoms with Gasteiger partial charge in [0.25, 0.3) is 5.91 Å². The summed E-state index contributed by atoms with van der Waals surface area (Å²) in [6.07, 6.45) is 5.94.